The normalized spacial score (nSPS) is 10.6. The lowest BCUT2D eigenvalue weighted by atomic mass is 10.4. The topological polar surface area (TPSA) is 100 Å². The van der Waals surface area contributed by atoms with Gasteiger partial charge in [0.1, 0.15) is 18.0 Å². The number of hydrogen-bond donors (Lipinski definition) is 1. The Morgan fingerprint density at radius 2 is 2.44 bits per heavy atom. The van der Waals surface area contributed by atoms with Gasteiger partial charge in [-0.25, -0.2) is 4.68 Å². The summed E-state index contributed by atoms with van der Waals surface area (Å²) in [6, 6.07) is 3.48. The summed E-state index contributed by atoms with van der Waals surface area (Å²) in [5.41, 5.74) is 5.79. The summed E-state index contributed by atoms with van der Waals surface area (Å²) in [5.74, 6) is 0.683. The fourth-order valence-electron chi connectivity index (χ4n) is 1.49. The van der Waals surface area contributed by atoms with E-state index >= 15 is 0 Å². The SMILES string of the molecule is Cc1nn(Cc2ccco2)c(N)c1[N+](=O)[O-]. The second-order valence-corrected chi connectivity index (χ2v) is 3.31. The highest BCUT2D eigenvalue weighted by Gasteiger charge is 2.23. The lowest BCUT2D eigenvalue weighted by Crippen LogP contribution is -2.06. The number of nitro groups is 1. The highest BCUT2D eigenvalue weighted by Crippen LogP contribution is 2.25. The van der Waals surface area contributed by atoms with Crippen LogP contribution in [0, 0.1) is 17.0 Å². The van der Waals surface area contributed by atoms with Crippen molar-refractivity contribution in [3.63, 3.8) is 0 Å². The summed E-state index contributed by atoms with van der Waals surface area (Å²) in [6.07, 6.45) is 1.52. The first kappa shape index (κ1) is 10.2. The van der Waals surface area contributed by atoms with E-state index in [0.717, 1.165) is 0 Å². The molecule has 0 bridgehead atoms. The summed E-state index contributed by atoms with van der Waals surface area (Å²) < 4.78 is 6.47. The highest BCUT2D eigenvalue weighted by molar-refractivity contribution is 5.56. The third-order valence-electron chi connectivity index (χ3n) is 2.20. The monoisotopic (exact) mass is 222 g/mol. The Bertz CT molecular complexity index is 515. The summed E-state index contributed by atoms with van der Waals surface area (Å²) >= 11 is 0. The fraction of sp³-hybridized carbons (Fsp3) is 0.222. The minimum Gasteiger partial charge on any atom is -0.467 e. The number of nitrogen functional groups attached to an aromatic ring is 1. The molecular formula is C9H10N4O3. The first-order valence-electron chi connectivity index (χ1n) is 4.59. The van der Waals surface area contributed by atoms with E-state index in [4.69, 9.17) is 10.2 Å². The maximum Gasteiger partial charge on any atom is 0.333 e. The van der Waals surface area contributed by atoms with Crippen LogP contribution in [0.25, 0.3) is 0 Å². The number of rotatable bonds is 3. The lowest BCUT2D eigenvalue weighted by Gasteiger charge is -1.99. The van der Waals surface area contributed by atoms with Crippen LogP contribution >= 0.6 is 0 Å². The van der Waals surface area contributed by atoms with E-state index in [-0.39, 0.29) is 18.1 Å². The molecule has 0 spiro atoms. The number of hydrogen-bond acceptors (Lipinski definition) is 5. The van der Waals surface area contributed by atoms with Gasteiger partial charge in [-0.05, 0) is 19.1 Å². The van der Waals surface area contributed by atoms with Crippen molar-refractivity contribution in [1.29, 1.82) is 0 Å². The molecule has 7 heteroatoms. The molecule has 0 unspecified atom stereocenters. The molecule has 2 aromatic heterocycles. The van der Waals surface area contributed by atoms with Crippen molar-refractivity contribution in [2.24, 2.45) is 0 Å². The standard InChI is InChI=1S/C9H10N4O3/c1-6-8(13(14)15)9(10)12(11-6)5-7-3-2-4-16-7/h2-4H,5,10H2,1H3. The summed E-state index contributed by atoms with van der Waals surface area (Å²) in [7, 11) is 0. The Labute approximate surface area is 90.6 Å². The first-order valence-corrected chi connectivity index (χ1v) is 4.59. The van der Waals surface area contributed by atoms with Crippen LogP contribution in [0.5, 0.6) is 0 Å². The van der Waals surface area contributed by atoms with Crippen molar-refractivity contribution in [3.8, 4) is 0 Å². The predicted molar refractivity (Wildman–Crippen MR) is 55.8 cm³/mol. The smallest absolute Gasteiger partial charge is 0.333 e. The molecule has 2 aromatic rings. The molecule has 2 N–H and O–H groups in total. The number of aryl methyl sites for hydroxylation is 1. The van der Waals surface area contributed by atoms with Crippen LogP contribution in [0.4, 0.5) is 11.5 Å². The quantitative estimate of drug-likeness (QED) is 0.623. The number of furan rings is 1. The number of anilines is 1. The number of nitrogens with zero attached hydrogens (tertiary/aromatic N) is 3. The minimum absolute atomic E-state index is 0.0406. The second kappa shape index (κ2) is 3.69. The molecule has 0 aliphatic carbocycles. The van der Waals surface area contributed by atoms with Crippen molar-refractivity contribution < 1.29 is 9.34 Å². The summed E-state index contributed by atoms with van der Waals surface area (Å²) in [4.78, 5) is 10.2. The van der Waals surface area contributed by atoms with Crippen LogP contribution in [-0.2, 0) is 6.54 Å². The van der Waals surface area contributed by atoms with Gasteiger partial charge in [0.25, 0.3) is 0 Å². The molecule has 0 saturated carbocycles. The largest absolute Gasteiger partial charge is 0.467 e. The van der Waals surface area contributed by atoms with Crippen molar-refractivity contribution in [1.82, 2.24) is 9.78 Å². The van der Waals surface area contributed by atoms with Gasteiger partial charge in [-0.1, -0.05) is 0 Å². The van der Waals surface area contributed by atoms with Gasteiger partial charge in [0, 0.05) is 0 Å². The van der Waals surface area contributed by atoms with Gasteiger partial charge in [-0.2, -0.15) is 5.10 Å². The van der Waals surface area contributed by atoms with Gasteiger partial charge in [-0.3, -0.25) is 10.1 Å². The Hall–Kier alpha value is -2.31. The van der Waals surface area contributed by atoms with E-state index in [1.807, 2.05) is 0 Å². The van der Waals surface area contributed by atoms with Gasteiger partial charge >= 0.3 is 5.69 Å². The predicted octanol–water partition coefficient (Wildman–Crippen LogP) is 1.32. The van der Waals surface area contributed by atoms with E-state index in [0.29, 0.717) is 11.5 Å². The van der Waals surface area contributed by atoms with Gasteiger partial charge in [-0.15, -0.1) is 0 Å². The van der Waals surface area contributed by atoms with Crippen LogP contribution in [-0.4, -0.2) is 14.7 Å². The molecule has 0 aliphatic rings. The zero-order valence-electron chi connectivity index (χ0n) is 8.58. The van der Waals surface area contributed by atoms with Gasteiger partial charge in [0.15, 0.2) is 0 Å². The third-order valence-corrected chi connectivity index (χ3v) is 2.20. The van der Waals surface area contributed by atoms with Gasteiger partial charge in [0.2, 0.25) is 5.82 Å². The average Bonchev–Trinajstić information content (AvgIpc) is 2.76. The zero-order chi connectivity index (χ0) is 11.7. The Balaban J connectivity index is 2.36. The molecule has 2 heterocycles. The molecule has 0 aromatic carbocycles. The fourth-order valence-corrected chi connectivity index (χ4v) is 1.49. The summed E-state index contributed by atoms with van der Waals surface area (Å²) in [5, 5.41) is 14.7. The van der Waals surface area contributed by atoms with Gasteiger partial charge in [0.05, 0.1) is 11.2 Å². The van der Waals surface area contributed by atoms with E-state index in [1.165, 1.54) is 10.9 Å². The van der Waals surface area contributed by atoms with E-state index < -0.39 is 4.92 Å². The highest BCUT2D eigenvalue weighted by atomic mass is 16.6. The van der Waals surface area contributed by atoms with Crippen molar-refractivity contribution >= 4 is 11.5 Å². The minimum atomic E-state index is -0.531. The van der Waals surface area contributed by atoms with Crippen LogP contribution in [0.15, 0.2) is 22.8 Å². The molecule has 16 heavy (non-hydrogen) atoms. The molecular weight excluding hydrogens is 212 g/mol. The van der Waals surface area contributed by atoms with E-state index in [2.05, 4.69) is 5.10 Å². The number of aromatic nitrogens is 2. The molecule has 0 atom stereocenters. The van der Waals surface area contributed by atoms with Crippen LogP contribution in [0.3, 0.4) is 0 Å². The Morgan fingerprint density at radius 3 is 2.94 bits per heavy atom. The maximum atomic E-state index is 10.7. The van der Waals surface area contributed by atoms with Crippen molar-refractivity contribution in [2.75, 3.05) is 5.73 Å². The Morgan fingerprint density at radius 1 is 1.69 bits per heavy atom. The van der Waals surface area contributed by atoms with E-state index in [1.54, 1.807) is 19.1 Å². The lowest BCUT2D eigenvalue weighted by molar-refractivity contribution is -0.384. The zero-order valence-corrected chi connectivity index (χ0v) is 8.58. The van der Waals surface area contributed by atoms with E-state index in [9.17, 15) is 10.1 Å². The second-order valence-electron chi connectivity index (χ2n) is 3.31. The number of nitrogens with two attached hydrogens (primary N) is 1. The Kier molecular flexibility index (Phi) is 2.35. The molecule has 0 radical (unpaired) electrons. The van der Waals surface area contributed by atoms with Gasteiger partial charge < -0.3 is 10.2 Å². The third kappa shape index (κ3) is 1.62. The van der Waals surface area contributed by atoms with Crippen LogP contribution in [0.1, 0.15) is 11.5 Å². The average molecular weight is 222 g/mol. The molecule has 2 rings (SSSR count). The summed E-state index contributed by atoms with van der Waals surface area (Å²) in [6.45, 7) is 1.83. The molecule has 0 saturated heterocycles. The first-order chi connectivity index (χ1) is 7.59. The van der Waals surface area contributed by atoms with Crippen LogP contribution < -0.4 is 5.73 Å². The van der Waals surface area contributed by atoms with Crippen LogP contribution in [0.2, 0.25) is 0 Å². The molecule has 0 amide bonds. The molecule has 7 nitrogen and oxygen atoms in total. The van der Waals surface area contributed by atoms with Crippen molar-refractivity contribution in [2.45, 2.75) is 13.5 Å². The van der Waals surface area contributed by atoms with Crippen molar-refractivity contribution in [3.05, 3.63) is 40.0 Å². The molecule has 0 fully saturated rings. The molecule has 84 valence electrons. The maximum absolute atomic E-state index is 10.7. The molecule has 0 aliphatic heterocycles.